The Balaban J connectivity index is 2.79. The lowest BCUT2D eigenvalue weighted by Crippen LogP contribution is -2.42. The lowest BCUT2D eigenvalue weighted by Gasteiger charge is -2.18. The summed E-state index contributed by atoms with van der Waals surface area (Å²) in [5.41, 5.74) is 1.16. The average Bonchev–Trinajstić information content (AvgIpc) is 2.45. The first-order valence-electron chi connectivity index (χ1n) is 6.43. The fourth-order valence-electron chi connectivity index (χ4n) is 1.79. The quantitative estimate of drug-likeness (QED) is 0.659. The van der Waals surface area contributed by atoms with Crippen molar-refractivity contribution in [2.45, 2.75) is 26.3 Å². The Bertz CT molecular complexity index is 512. The molecule has 20 heavy (non-hydrogen) atoms. The number of benzene rings is 1. The van der Waals surface area contributed by atoms with Crippen LogP contribution < -0.4 is 5.32 Å². The number of rotatable bonds is 5. The highest BCUT2D eigenvalue weighted by atomic mass is 16.5. The highest BCUT2D eigenvalue weighted by molar-refractivity contribution is 5.96. The molecule has 0 unspecified atom stereocenters. The van der Waals surface area contributed by atoms with Crippen LogP contribution in [0.25, 0.3) is 0 Å². The molecule has 0 saturated heterocycles. The maximum absolute atomic E-state index is 12.1. The first-order chi connectivity index (χ1) is 9.47. The number of hydrogen-bond acceptors (Lipinski definition) is 3. The van der Waals surface area contributed by atoms with E-state index in [4.69, 9.17) is 11.2 Å². The van der Waals surface area contributed by atoms with Gasteiger partial charge in [0.05, 0.1) is 7.11 Å². The summed E-state index contributed by atoms with van der Waals surface area (Å²) < 4.78 is 4.71. The van der Waals surface area contributed by atoms with E-state index in [2.05, 4.69) is 11.2 Å². The zero-order valence-corrected chi connectivity index (χ0v) is 12.0. The van der Waals surface area contributed by atoms with Gasteiger partial charge in [-0.05, 0) is 36.6 Å². The summed E-state index contributed by atoms with van der Waals surface area (Å²) in [6.07, 6.45) is 5.79. The SMILES string of the molecule is C#Cc1ccc(C(=O)N[C@H](CC(C)C)C(=O)OC)cc1. The molecule has 1 atom stereocenters. The first-order valence-corrected chi connectivity index (χ1v) is 6.43. The van der Waals surface area contributed by atoms with Gasteiger partial charge >= 0.3 is 5.97 Å². The second kappa shape index (κ2) is 7.34. The molecule has 1 amide bonds. The first kappa shape index (κ1) is 15.8. The van der Waals surface area contributed by atoms with Gasteiger partial charge in [0, 0.05) is 11.1 Å². The van der Waals surface area contributed by atoms with Crippen LogP contribution in [0.5, 0.6) is 0 Å². The standard InChI is InChI=1S/C16H19NO3/c1-5-12-6-8-13(9-7-12)15(18)17-14(10-11(2)3)16(19)20-4/h1,6-9,11,14H,10H2,2-4H3,(H,17,18)/t14-/m1/s1. The van der Waals surface area contributed by atoms with Gasteiger partial charge in [-0.15, -0.1) is 6.42 Å². The Hall–Kier alpha value is -2.28. The van der Waals surface area contributed by atoms with E-state index in [9.17, 15) is 9.59 Å². The van der Waals surface area contributed by atoms with Gasteiger partial charge in [-0.2, -0.15) is 0 Å². The van der Waals surface area contributed by atoms with Crippen LogP contribution >= 0.6 is 0 Å². The molecule has 1 aromatic rings. The average molecular weight is 273 g/mol. The summed E-state index contributed by atoms with van der Waals surface area (Å²) in [5, 5.41) is 2.69. The number of nitrogens with one attached hydrogen (secondary N) is 1. The smallest absolute Gasteiger partial charge is 0.328 e. The predicted molar refractivity (Wildman–Crippen MR) is 77.1 cm³/mol. The summed E-state index contributed by atoms with van der Waals surface area (Å²) >= 11 is 0. The fraction of sp³-hybridized carbons (Fsp3) is 0.375. The van der Waals surface area contributed by atoms with Crippen LogP contribution in [0.15, 0.2) is 24.3 Å². The Morgan fingerprint density at radius 1 is 1.30 bits per heavy atom. The second-order valence-electron chi connectivity index (χ2n) is 4.90. The van der Waals surface area contributed by atoms with Gasteiger partial charge < -0.3 is 10.1 Å². The van der Waals surface area contributed by atoms with Gasteiger partial charge in [0.2, 0.25) is 0 Å². The molecule has 106 valence electrons. The van der Waals surface area contributed by atoms with E-state index in [1.54, 1.807) is 24.3 Å². The van der Waals surface area contributed by atoms with E-state index in [0.717, 1.165) is 0 Å². The molecule has 0 bridgehead atoms. The van der Waals surface area contributed by atoms with Crippen LogP contribution in [-0.2, 0) is 9.53 Å². The Kier molecular flexibility index (Phi) is 5.79. The zero-order valence-electron chi connectivity index (χ0n) is 12.0. The monoisotopic (exact) mass is 273 g/mol. The summed E-state index contributed by atoms with van der Waals surface area (Å²) in [4.78, 5) is 23.7. The molecule has 1 rings (SSSR count). The molecule has 0 aromatic heterocycles. The van der Waals surface area contributed by atoms with Crippen molar-refractivity contribution in [3.05, 3.63) is 35.4 Å². The van der Waals surface area contributed by atoms with E-state index in [0.29, 0.717) is 17.5 Å². The third-order valence-electron chi connectivity index (χ3n) is 2.81. The lowest BCUT2D eigenvalue weighted by molar-refractivity contribution is -0.143. The maximum Gasteiger partial charge on any atom is 0.328 e. The second-order valence-corrected chi connectivity index (χ2v) is 4.90. The minimum Gasteiger partial charge on any atom is -0.467 e. The van der Waals surface area contributed by atoms with Crippen molar-refractivity contribution < 1.29 is 14.3 Å². The van der Waals surface area contributed by atoms with E-state index < -0.39 is 12.0 Å². The summed E-state index contributed by atoms with van der Waals surface area (Å²) in [6.45, 7) is 3.95. The number of carbonyl (C=O) groups excluding carboxylic acids is 2. The number of amides is 1. The molecule has 1 N–H and O–H groups in total. The molecule has 0 aliphatic carbocycles. The molecule has 0 saturated carbocycles. The van der Waals surface area contributed by atoms with E-state index >= 15 is 0 Å². The summed E-state index contributed by atoms with van der Waals surface area (Å²) in [6, 6.07) is 6.00. The molecule has 0 heterocycles. The Morgan fingerprint density at radius 2 is 1.90 bits per heavy atom. The molecule has 0 aliphatic heterocycles. The molecule has 0 fully saturated rings. The van der Waals surface area contributed by atoms with Crippen LogP contribution in [0.4, 0.5) is 0 Å². The van der Waals surface area contributed by atoms with Crippen LogP contribution in [0.1, 0.15) is 36.2 Å². The van der Waals surface area contributed by atoms with Crippen LogP contribution in [0, 0.1) is 18.3 Å². The number of esters is 1. The Labute approximate surface area is 119 Å². The van der Waals surface area contributed by atoms with Crippen molar-refractivity contribution in [2.75, 3.05) is 7.11 Å². The zero-order chi connectivity index (χ0) is 15.1. The van der Waals surface area contributed by atoms with Crippen molar-refractivity contribution in [1.29, 1.82) is 0 Å². The van der Waals surface area contributed by atoms with Gasteiger partial charge in [0.15, 0.2) is 0 Å². The highest BCUT2D eigenvalue weighted by Crippen LogP contribution is 2.09. The molecule has 0 aliphatic rings. The van der Waals surface area contributed by atoms with E-state index in [-0.39, 0.29) is 11.8 Å². The minimum atomic E-state index is -0.639. The molecule has 4 heteroatoms. The van der Waals surface area contributed by atoms with Gasteiger partial charge in [-0.3, -0.25) is 4.79 Å². The van der Waals surface area contributed by atoms with Gasteiger partial charge in [0.25, 0.3) is 5.91 Å². The van der Waals surface area contributed by atoms with Crippen molar-refractivity contribution in [3.8, 4) is 12.3 Å². The van der Waals surface area contributed by atoms with Crippen molar-refractivity contribution >= 4 is 11.9 Å². The number of ether oxygens (including phenoxy) is 1. The van der Waals surface area contributed by atoms with Gasteiger partial charge in [-0.1, -0.05) is 19.8 Å². The molecule has 0 spiro atoms. The molecular formula is C16H19NO3. The minimum absolute atomic E-state index is 0.267. The fourth-order valence-corrected chi connectivity index (χ4v) is 1.79. The lowest BCUT2D eigenvalue weighted by atomic mass is 10.0. The summed E-state index contributed by atoms with van der Waals surface area (Å²) in [5.74, 6) is 2.00. The number of hydrogen-bond donors (Lipinski definition) is 1. The van der Waals surface area contributed by atoms with Crippen LogP contribution in [-0.4, -0.2) is 25.0 Å². The molecule has 4 nitrogen and oxygen atoms in total. The van der Waals surface area contributed by atoms with Crippen LogP contribution in [0.3, 0.4) is 0 Å². The molecular weight excluding hydrogens is 254 g/mol. The third kappa shape index (κ3) is 4.43. The third-order valence-corrected chi connectivity index (χ3v) is 2.81. The molecule has 0 radical (unpaired) electrons. The van der Waals surface area contributed by atoms with E-state index in [1.165, 1.54) is 7.11 Å². The normalized spacial score (nSPS) is 11.6. The number of terminal acetylenes is 1. The van der Waals surface area contributed by atoms with Gasteiger partial charge in [0.1, 0.15) is 6.04 Å². The Morgan fingerprint density at radius 3 is 2.35 bits per heavy atom. The number of carbonyl (C=O) groups is 2. The van der Waals surface area contributed by atoms with Gasteiger partial charge in [-0.25, -0.2) is 4.79 Å². The summed E-state index contributed by atoms with van der Waals surface area (Å²) in [7, 11) is 1.31. The number of methoxy groups -OCH3 is 1. The largest absolute Gasteiger partial charge is 0.467 e. The van der Waals surface area contributed by atoms with Crippen LogP contribution in [0.2, 0.25) is 0 Å². The van der Waals surface area contributed by atoms with E-state index in [1.807, 2.05) is 13.8 Å². The van der Waals surface area contributed by atoms with Crippen molar-refractivity contribution in [1.82, 2.24) is 5.32 Å². The van der Waals surface area contributed by atoms with Crippen molar-refractivity contribution in [2.24, 2.45) is 5.92 Å². The van der Waals surface area contributed by atoms with Crippen molar-refractivity contribution in [3.63, 3.8) is 0 Å². The molecule has 1 aromatic carbocycles. The predicted octanol–water partition coefficient (Wildman–Crippen LogP) is 1.99. The maximum atomic E-state index is 12.1. The topological polar surface area (TPSA) is 55.4 Å². The highest BCUT2D eigenvalue weighted by Gasteiger charge is 2.22.